The van der Waals surface area contributed by atoms with Crippen molar-refractivity contribution in [2.75, 3.05) is 6.54 Å². The van der Waals surface area contributed by atoms with Crippen molar-refractivity contribution in [1.29, 1.82) is 0 Å². The summed E-state index contributed by atoms with van der Waals surface area (Å²) in [6, 6.07) is 5.19. The van der Waals surface area contributed by atoms with Crippen LogP contribution in [0, 0.1) is 5.82 Å². The summed E-state index contributed by atoms with van der Waals surface area (Å²) in [5.74, 6) is -0.212. The molecule has 1 N–H and O–H groups in total. The number of nitrogens with one attached hydrogen (secondary N) is 1. The van der Waals surface area contributed by atoms with E-state index >= 15 is 0 Å². The zero-order valence-corrected chi connectivity index (χ0v) is 14.2. The van der Waals surface area contributed by atoms with Crippen LogP contribution in [0.25, 0.3) is 0 Å². The van der Waals surface area contributed by atoms with Gasteiger partial charge in [-0.2, -0.15) is 5.10 Å². The molecule has 5 heteroatoms. The van der Waals surface area contributed by atoms with Crippen LogP contribution in [0.4, 0.5) is 4.39 Å². The molecule has 0 saturated carbocycles. The van der Waals surface area contributed by atoms with Crippen LogP contribution in [-0.2, 0) is 19.9 Å². The summed E-state index contributed by atoms with van der Waals surface area (Å²) < 4.78 is 16.2. The molecule has 3 nitrogen and oxygen atoms in total. The maximum absolute atomic E-state index is 13.5. The lowest BCUT2D eigenvalue weighted by atomic mass is 9.98. The molecule has 1 atom stereocenters. The molecule has 0 spiro atoms. The molecule has 1 unspecified atom stereocenters. The van der Waals surface area contributed by atoms with Gasteiger partial charge in [-0.25, -0.2) is 4.39 Å². The molecule has 2 rings (SSSR count). The molecule has 114 valence electrons. The van der Waals surface area contributed by atoms with Gasteiger partial charge in [0, 0.05) is 29.3 Å². The zero-order valence-electron chi connectivity index (χ0n) is 12.7. The highest BCUT2D eigenvalue weighted by Crippen LogP contribution is 2.24. The van der Waals surface area contributed by atoms with Gasteiger partial charge < -0.3 is 5.32 Å². The fourth-order valence-corrected chi connectivity index (χ4v) is 3.13. The fourth-order valence-electron chi connectivity index (χ4n) is 2.62. The minimum Gasteiger partial charge on any atom is -0.310 e. The second kappa shape index (κ2) is 7.18. The first-order valence-electron chi connectivity index (χ1n) is 7.24. The molecule has 1 heterocycles. The Balaban J connectivity index is 2.30. The highest BCUT2D eigenvalue weighted by molar-refractivity contribution is 9.10. The third-order valence-corrected chi connectivity index (χ3v) is 3.92. The molecule has 1 aromatic carbocycles. The van der Waals surface area contributed by atoms with Crippen LogP contribution in [0.2, 0.25) is 0 Å². The standard InChI is InChI=1S/C16H21BrFN3/c1-4-15-14(10-21(3)20-15)16(19-5-2)8-11-6-12(17)9-13(18)7-11/h6-7,9-10,16,19H,4-5,8H2,1-3H3. The summed E-state index contributed by atoms with van der Waals surface area (Å²) in [4.78, 5) is 0. The smallest absolute Gasteiger partial charge is 0.124 e. The molecule has 2 aromatic rings. The SMILES string of the molecule is CCNC(Cc1cc(F)cc(Br)c1)c1cn(C)nc1CC. The van der Waals surface area contributed by atoms with Crippen LogP contribution in [0.5, 0.6) is 0 Å². The second-order valence-corrected chi connectivity index (χ2v) is 6.07. The molecular formula is C16H21BrFN3. The lowest BCUT2D eigenvalue weighted by Gasteiger charge is -2.18. The van der Waals surface area contributed by atoms with Gasteiger partial charge >= 0.3 is 0 Å². The van der Waals surface area contributed by atoms with Crippen LogP contribution >= 0.6 is 15.9 Å². The number of aryl methyl sites for hydroxylation is 2. The van der Waals surface area contributed by atoms with Crippen LogP contribution in [0.15, 0.2) is 28.9 Å². The molecule has 0 aliphatic heterocycles. The predicted octanol–water partition coefficient (Wildman–Crippen LogP) is 3.78. The molecule has 0 bridgehead atoms. The molecule has 0 fully saturated rings. The highest BCUT2D eigenvalue weighted by Gasteiger charge is 2.18. The van der Waals surface area contributed by atoms with Gasteiger partial charge in [-0.1, -0.05) is 29.8 Å². The first kappa shape index (κ1) is 16.2. The maximum atomic E-state index is 13.5. The third-order valence-electron chi connectivity index (χ3n) is 3.46. The Labute approximate surface area is 133 Å². The van der Waals surface area contributed by atoms with Crippen molar-refractivity contribution < 1.29 is 4.39 Å². The van der Waals surface area contributed by atoms with Gasteiger partial charge in [0.15, 0.2) is 0 Å². The Bertz CT molecular complexity index is 589. The van der Waals surface area contributed by atoms with Crippen LogP contribution in [0.3, 0.4) is 0 Å². The van der Waals surface area contributed by atoms with Gasteiger partial charge in [-0.15, -0.1) is 0 Å². The normalized spacial score (nSPS) is 12.6. The third kappa shape index (κ3) is 4.14. The molecule has 0 aliphatic carbocycles. The van der Waals surface area contributed by atoms with E-state index in [9.17, 15) is 4.39 Å². The van der Waals surface area contributed by atoms with Gasteiger partial charge in [-0.3, -0.25) is 4.68 Å². The van der Waals surface area contributed by atoms with E-state index in [-0.39, 0.29) is 11.9 Å². The van der Waals surface area contributed by atoms with E-state index in [0.717, 1.165) is 35.1 Å². The maximum Gasteiger partial charge on any atom is 0.124 e. The highest BCUT2D eigenvalue weighted by atomic mass is 79.9. The fraction of sp³-hybridized carbons (Fsp3) is 0.438. The summed E-state index contributed by atoms with van der Waals surface area (Å²) in [6.07, 6.45) is 3.69. The lowest BCUT2D eigenvalue weighted by molar-refractivity contribution is 0.542. The molecular weight excluding hydrogens is 333 g/mol. The topological polar surface area (TPSA) is 29.9 Å². The Morgan fingerprint density at radius 3 is 2.71 bits per heavy atom. The number of hydrogen-bond acceptors (Lipinski definition) is 2. The average molecular weight is 354 g/mol. The number of benzene rings is 1. The van der Waals surface area contributed by atoms with Gasteiger partial charge in [0.1, 0.15) is 5.82 Å². The summed E-state index contributed by atoms with van der Waals surface area (Å²) in [5.41, 5.74) is 3.26. The van der Waals surface area contributed by atoms with Gasteiger partial charge in [0.25, 0.3) is 0 Å². The number of rotatable bonds is 6. The quantitative estimate of drug-likeness (QED) is 0.856. The Hall–Kier alpha value is -1.20. The van der Waals surface area contributed by atoms with E-state index in [4.69, 9.17) is 0 Å². The number of aromatic nitrogens is 2. The van der Waals surface area contributed by atoms with Gasteiger partial charge in [0.2, 0.25) is 0 Å². The van der Waals surface area contributed by atoms with E-state index in [2.05, 4.69) is 46.4 Å². The zero-order chi connectivity index (χ0) is 15.4. The van der Waals surface area contributed by atoms with Crippen molar-refractivity contribution in [3.8, 4) is 0 Å². The van der Waals surface area contributed by atoms with Crippen molar-refractivity contribution in [3.63, 3.8) is 0 Å². The Morgan fingerprint density at radius 2 is 2.10 bits per heavy atom. The summed E-state index contributed by atoms with van der Waals surface area (Å²) in [7, 11) is 1.93. The first-order valence-corrected chi connectivity index (χ1v) is 8.03. The van der Waals surface area contributed by atoms with E-state index in [1.165, 1.54) is 11.6 Å². The van der Waals surface area contributed by atoms with Crippen LogP contribution in [-0.4, -0.2) is 16.3 Å². The molecule has 0 amide bonds. The average Bonchev–Trinajstić information content (AvgIpc) is 2.78. The molecule has 1 aromatic heterocycles. The Morgan fingerprint density at radius 1 is 1.33 bits per heavy atom. The first-order chi connectivity index (χ1) is 10.0. The largest absolute Gasteiger partial charge is 0.310 e. The van der Waals surface area contributed by atoms with Gasteiger partial charge in [0.05, 0.1) is 5.69 Å². The predicted molar refractivity (Wildman–Crippen MR) is 86.8 cm³/mol. The number of halogens is 2. The molecule has 0 aliphatic rings. The number of nitrogens with zero attached hydrogens (tertiary/aromatic N) is 2. The van der Waals surface area contributed by atoms with E-state index in [0.29, 0.717) is 0 Å². The van der Waals surface area contributed by atoms with Gasteiger partial charge in [-0.05, 0) is 43.1 Å². The van der Waals surface area contributed by atoms with Crippen molar-refractivity contribution in [2.45, 2.75) is 32.7 Å². The van der Waals surface area contributed by atoms with Crippen LogP contribution < -0.4 is 5.32 Å². The van der Waals surface area contributed by atoms with Crippen molar-refractivity contribution in [2.24, 2.45) is 7.05 Å². The van der Waals surface area contributed by atoms with Crippen molar-refractivity contribution in [3.05, 3.63) is 51.5 Å². The minimum absolute atomic E-state index is 0.146. The van der Waals surface area contributed by atoms with E-state index < -0.39 is 0 Å². The number of likely N-dealkylation sites (N-methyl/N-ethyl adjacent to an activating group) is 1. The summed E-state index contributed by atoms with van der Waals surface area (Å²) in [5, 5.41) is 7.99. The lowest BCUT2D eigenvalue weighted by Crippen LogP contribution is -2.23. The summed E-state index contributed by atoms with van der Waals surface area (Å²) >= 11 is 3.35. The Kier molecular flexibility index (Phi) is 5.53. The second-order valence-electron chi connectivity index (χ2n) is 5.15. The number of hydrogen-bond donors (Lipinski definition) is 1. The monoisotopic (exact) mass is 353 g/mol. The molecule has 21 heavy (non-hydrogen) atoms. The van der Waals surface area contributed by atoms with Crippen molar-refractivity contribution in [1.82, 2.24) is 15.1 Å². The van der Waals surface area contributed by atoms with Crippen molar-refractivity contribution >= 4 is 15.9 Å². The summed E-state index contributed by atoms with van der Waals surface area (Å²) in [6.45, 7) is 5.04. The van der Waals surface area contributed by atoms with E-state index in [1.807, 2.05) is 17.8 Å². The van der Waals surface area contributed by atoms with E-state index in [1.54, 1.807) is 6.07 Å². The molecule has 0 radical (unpaired) electrons. The van der Waals surface area contributed by atoms with Crippen LogP contribution in [0.1, 0.15) is 36.7 Å². The molecule has 0 saturated heterocycles. The minimum atomic E-state index is -0.212.